The molecule has 36 heavy (non-hydrogen) atoms. The van der Waals surface area contributed by atoms with E-state index in [1.807, 2.05) is 42.3 Å². The molecule has 0 radical (unpaired) electrons. The third kappa shape index (κ3) is 3.32. The summed E-state index contributed by atoms with van der Waals surface area (Å²) in [5.41, 5.74) is -0.991. The van der Waals surface area contributed by atoms with Crippen molar-refractivity contribution >= 4 is 0 Å². The number of aliphatic hydroxyl groups is 3. The molecular formula is C28H29N3O5. The Kier molecular flexibility index (Phi) is 6.18. The number of fused-ring (bicyclic) bond motifs is 3. The number of ether oxygens (including phenoxy) is 2. The second kappa shape index (κ2) is 9.19. The molecule has 0 amide bonds. The molecule has 5 rings (SSSR count). The molecule has 1 unspecified atom stereocenters. The van der Waals surface area contributed by atoms with Crippen molar-refractivity contribution in [2.45, 2.75) is 23.2 Å². The number of aliphatic hydroxyl groups excluding tert-OH is 2. The molecule has 1 aromatic heterocycles. The summed E-state index contributed by atoms with van der Waals surface area (Å²) >= 11 is 0. The van der Waals surface area contributed by atoms with E-state index in [0.717, 1.165) is 5.56 Å². The lowest BCUT2D eigenvalue weighted by molar-refractivity contribution is -0.152. The van der Waals surface area contributed by atoms with Gasteiger partial charge in [0.05, 0.1) is 49.4 Å². The number of pyridine rings is 1. The van der Waals surface area contributed by atoms with Gasteiger partial charge in [0.15, 0.2) is 11.2 Å². The van der Waals surface area contributed by atoms with Gasteiger partial charge in [0.25, 0.3) is 0 Å². The molecule has 2 aromatic carbocycles. The topological polar surface area (TPSA) is 119 Å². The Labute approximate surface area is 210 Å². The highest BCUT2D eigenvalue weighted by atomic mass is 16.5. The number of aromatic nitrogens is 1. The lowest BCUT2D eigenvalue weighted by Crippen LogP contribution is -2.52. The Bertz CT molecular complexity index is 1280. The average molecular weight is 488 g/mol. The number of rotatable bonds is 7. The van der Waals surface area contributed by atoms with Crippen LogP contribution in [0.1, 0.15) is 28.2 Å². The first kappa shape index (κ1) is 24.2. The van der Waals surface area contributed by atoms with Crippen molar-refractivity contribution in [1.29, 1.82) is 5.26 Å². The molecule has 2 aliphatic rings. The van der Waals surface area contributed by atoms with Crippen molar-refractivity contribution in [1.82, 2.24) is 9.88 Å². The van der Waals surface area contributed by atoms with Gasteiger partial charge in [-0.1, -0.05) is 42.5 Å². The highest BCUT2D eigenvalue weighted by Gasteiger charge is 2.76. The van der Waals surface area contributed by atoms with E-state index in [1.165, 1.54) is 19.5 Å². The van der Waals surface area contributed by atoms with Gasteiger partial charge in [-0.15, -0.1) is 0 Å². The molecule has 1 aliphatic carbocycles. The average Bonchev–Trinajstić information content (AvgIpc) is 3.28. The minimum atomic E-state index is -1.89. The van der Waals surface area contributed by atoms with Crippen LogP contribution in [0.15, 0.2) is 67.0 Å². The van der Waals surface area contributed by atoms with Gasteiger partial charge in [-0.3, -0.25) is 4.98 Å². The molecular weight excluding hydrogens is 458 g/mol. The highest BCUT2D eigenvalue weighted by Crippen LogP contribution is 2.69. The summed E-state index contributed by atoms with van der Waals surface area (Å²) in [6, 6.07) is 18.8. The Morgan fingerprint density at radius 3 is 2.50 bits per heavy atom. The molecule has 1 fully saturated rings. The van der Waals surface area contributed by atoms with E-state index >= 15 is 0 Å². The van der Waals surface area contributed by atoms with Gasteiger partial charge in [-0.25, -0.2) is 0 Å². The van der Waals surface area contributed by atoms with E-state index in [4.69, 9.17) is 9.47 Å². The molecule has 0 spiro atoms. The van der Waals surface area contributed by atoms with E-state index in [9.17, 15) is 20.6 Å². The summed E-state index contributed by atoms with van der Waals surface area (Å²) in [4.78, 5) is 6.17. The van der Waals surface area contributed by atoms with E-state index in [0.29, 0.717) is 41.3 Å². The third-order valence-corrected chi connectivity index (χ3v) is 7.62. The van der Waals surface area contributed by atoms with Crippen molar-refractivity contribution in [2.24, 2.45) is 5.92 Å². The number of nitrogens with zero attached hydrogens (tertiary/aromatic N) is 3. The Balaban J connectivity index is 1.81. The molecule has 1 aliphatic heterocycles. The maximum atomic E-state index is 12.7. The zero-order valence-corrected chi connectivity index (χ0v) is 20.2. The lowest BCUT2D eigenvalue weighted by Gasteiger charge is -2.41. The molecule has 2 heterocycles. The van der Waals surface area contributed by atoms with Gasteiger partial charge in [0, 0.05) is 24.9 Å². The summed E-state index contributed by atoms with van der Waals surface area (Å²) < 4.78 is 12.3. The summed E-state index contributed by atoms with van der Waals surface area (Å²) in [5.74, 6) is -0.315. The van der Waals surface area contributed by atoms with Crippen molar-refractivity contribution in [2.75, 3.05) is 33.9 Å². The number of hydrogen-bond donors (Lipinski definition) is 3. The van der Waals surface area contributed by atoms with Gasteiger partial charge < -0.3 is 29.7 Å². The molecule has 0 saturated heterocycles. The summed E-state index contributed by atoms with van der Waals surface area (Å²) in [7, 11) is 3.36. The van der Waals surface area contributed by atoms with Crippen LogP contribution >= 0.6 is 0 Å². The summed E-state index contributed by atoms with van der Waals surface area (Å²) in [6.45, 7) is 0.782. The minimum absolute atomic E-state index is 0.0286. The van der Waals surface area contributed by atoms with Crippen LogP contribution in [0.25, 0.3) is 0 Å². The van der Waals surface area contributed by atoms with Crippen molar-refractivity contribution in [3.8, 4) is 17.6 Å². The van der Waals surface area contributed by atoms with Gasteiger partial charge >= 0.3 is 0 Å². The van der Waals surface area contributed by atoms with Gasteiger partial charge in [0.2, 0.25) is 0 Å². The Morgan fingerprint density at radius 2 is 1.86 bits per heavy atom. The summed E-state index contributed by atoms with van der Waals surface area (Å²) in [6.07, 6.45) is 1.78. The second-order valence-electron chi connectivity index (χ2n) is 9.49. The van der Waals surface area contributed by atoms with Crippen LogP contribution in [0.5, 0.6) is 11.5 Å². The van der Waals surface area contributed by atoms with Crippen LogP contribution in [-0.2, 0) is 11.2 Å². The van der Waals surface area contributed by atoms with Gasteiger partial charge in [-0.05, 0) is 30.3 Å². The standard InChI is InChI=1S/C28H29N3O5/c1-31(12-13-32)17-21-24(19-6-4-3-5-7-19)28(20-10-8-18(14-29)9-11-20)27(34,26(21)33)25-22(35-2)15-30-16-23(25)36-28/h3-11,15-16,21,24,26,32-34H,12-13,17H2,1-2H3/t21?,24-,26-,27+,28+/m1/s1. The first-order chi connectivity index (χ1) is 17.4. The van der Waals surface area contributed by atoms with Crippen LogP contribution in [0.4, 0.5) is 0 Å². The van der Waals surface area contributed by atoms with E-state index in [1.54, 1.807) is 24.3 Å². The fourth-order valence-electron chi connectivity index (χ4n) is 6.15. The Hall–Kier alpha value is -3.48. The molecule has 8 nitrogen and oxygen atoms in total. The SMILES string of the molecule is COc1cncc2c1[C@]1(O)[C@H](O)C(CN(C)CCO)[C@@H](c3ccccc3)[C@]1(c1ccc(C#N)cc1)O2. The second-order valence-corrected chi connectivity index (χ2v) is 9.49. The minimum Gasteiger partial charge on any atom is -0.495 e. The van der Waals surface area contributed by atoms with Crippen molar-refractivity contribution in [3.63, 3.8) is 0 Å². The van der Waals surface area contributed by atoms with Gasteiger partial charge in [-0.2, -0.15) is 5.26 Å². The zero-order valence-electron chi connectivity index (χ0n) is 20.2. The van der Waals surface area contributed by atoms with E-state index in [2.05, 4.69) is 11.1 Å². The largest absolute Gasteiger partial charge is 0.495 e. The smallest absolute Gasteiger partial charge is 0.177 e. The molecule has 3 N–H and O–H groups in total. The predicted octanol–water partition coefficient (Wildman–Crippen LogP) is 2.14. The normalized spacial score (nSPS) is 28.3. The first-order valence-corrected chi connectivity index (χ1v) is 11.9. The monoisotopic (exact) mass is 487 g/mol. The molecule has 5 atom stereocenters. The molecule has 3 aromatic rings. The van der Waals surface area contributed by atoms with Crippen molar-refractivity contribution < 1.29 is 24.8 Å². The van der Waals surface area contributed by atoms with Crippen LogP contribution in [0.2, 0.25) is 0 Å². The van der Waals surface area contributed by atoms with Crippen molar-refractivity contribution in [3.05, 3.63) is 89.2 Å². The van der Waals surface area contributed by atoms with Crippen LogP contribution in [-0.4, -0.2) is 65.2 Å². The number of nitriles is 1. The molecule has 8 heteroatoms. The maximum Gasteiger partial charge on any atom is 0.177 e. The van der Waals surface area contributed by atoms with E-state index in [-0.39, 0.29) is 6.61 Å². The molecule has 1 saturated carbocycles. The summed E-state index contributed by atoms with van der Waals surface area (Å²) in [5, 5.41) is 43.6. The number of benzene rings is 2. The quantitative estimate of drug-likeness (QED) is 0.464. The number of hydrogen-bond acceptors (Lipinski definition) is 8. The van der Waals surface area contributed by atoms with E-state index < -0.39 is 29.1 Å². The maximum absolute atomic E-state index is 12.7. The van der Waals surface area contributed by atoms with Crippen LogP contribution in [0.3, 0.4) is 0 Å². The first-order valence-electron chi connectivity index (χ1n) is 11.9. The third-order valence-electron chi connectivity index (χ3n) is 7.62. The van der Waals surface area contributed by atoms with Gasteiger partial charge in [0.1, 0.15) is 11.5 Å². The lowest BCUT2D eigenvalue weighted by atomic mass is 9.70. The number of likely N-dealkylation sites (N-methyl/N-ethyl adjacent to an activating group) is 1. The Morgan fingerprint density at radius 1 is 1.14 bits per heavy atom. The fourth-order valence-corrected chi connectivity index (χ4v) is 6.15. The zero-order chi connectivity index (χ0) is 25.5. The fraction of sp³-hybridized carbons (Fsp3) is 0.357. The number of methoxy groups -OCH3 is 1. The van der Waals surface area contributed by atoms with Crippen LogP contribution in [0, 0.1) is 17.2 Å². The van der Waals surface area contributed by atoms with Crippen LogP contribution < -0.4 is 9.47 Å². The highest BCUT2D eigenvalue weighted by molar-refractivity contribution is 5.59. The molecule has 0 bridgehead atoms. The predicted molar refractivity (Wildman–Crippen MR) is 131 cm³/mol. The molecule has 186 valence electrons.